The van der Waals surface area contributed by atoms with Crippen molar-refractivity contribution >= 4 is 33.3 Å². The van der Waals surface area contributed by atoms with Crippen molar-refractivity contribution in [3.05, 3.63) is 58.7 Å². The molecular formula is C22H28N2O5S. The summed E-state index contributed by atoms with van der Waals surface area (Å²) in [4.78, 5) is 25.0. The van der Waals surface area contributed by atoms with Crippen LogP contribution in [0.5, 0.6) is 0 Å². The number of hydrogen-bond donors (Lipinski definition) is 1. The van der Waals surface area contributed by atoms with Crippen molar-refractivity contribution in [1.29, 1.82) is 0 Å². The number of rotatable bonds is 7. The second kappa shape index (κ2) is 9.30. The van der Waals surface area contributed by atoms with Gasteiger partial charge in [0.05, 0.1) is 24.6 Å². The van der Waals surface area contributed by atoms with Crippen LogP contribution in [0.1, 0.15) is 40.4 Å². The van der Waals surface area contributed by atoms with E-state index in [2.05, 4.69) is 5.32 Å². The lowest BCUT2D eigenvalue weighted by molar-refractivity contribution is -0.117. The molecule has 0 heterocycles. The van der Waals surface area contributed by atoms with E-state index in [-0.39, 0.29) is 6.42 Å². The van der Waals surface area contributed by atoms with E-state index in [0.717, 1.165) is 22.9 Å². The molecule has 0 fully saturated rings. The van der Waals surface area contributed by atoms with E-state index in [1.165, 1.54) is 17.5 Å². The smallest absolute Gasteiger partial charge is 0.337 e. The Bertz CT molecular complexity index is 1060. The lowest BCUT2D eigenvalue weighted by atomic mass is 10.1. The zero-order valence-electron chi connectivity index (χ0n) is 18.1. The second-order valence-corrected chi connectivity index (χ2v) is 9.14. The number of carbonyl (C=O) groups is 2. The van der Waals surface area contributed by atoms with Crippen molar-refractivity contribution in [3.8, 4) is 0 Å². The molecule has 162 valence electrons. The molecule has 2 aromatic carbocycles. The van der Waals surface area contributed by atoms with E-state index in [9.17, 15) is 18.0 Å². The predicted octanol–water partition coefficient (Wildman–Crippen LogP) is 3.58. The van der Waals surface area contributed by atoms with Crippen LogP contribution in [0.25, 0.3) is 0 Å². The molecule has 7 nitrogen and oxygen atoms in total. The van der Waals surface area contributed by atoms with Gasteiger partial charge in [-0.05, 0) is 62.1 Å². The van der Waals surface area contributed by atoms with Gasteiger partial charge in [0.1, 0.15) is 6.04 Å². The number of anilines is 2. The highest BCUT2D eigenvalue weighted by Gasteiger charge is 2.32. The number of aryl methyl sites for hydroxylation is 3. The van der Waals surface area contributed by atoms with Crippen LogP contribution in [-0.4, -0.2) is 39.7 Å². The van der Waals surface area contributed by atoms with E-state index in [1.54, 1.807) is 32.0 Å². The highest BCUT2D eigenvalue weighted by atomic mass is 32.2. The fraction of sp³-hybridized carbons (Fsp3) is 0.364. The van der Waals surface area contributed by atoms with Gasteiger partial charge in [0.15, 0.2) is 0 Å². The van der Waals surface area contributed by atoms with Crippen molar-refractivity contribution in [2.75, 3.05) is 23.0 Å². The SMILES string of the molecule is CCC(C(=O)Nc1cc(C(=O)OC)ccc1C)N(c1cc(C)ccc1C)S(C)(=O)=O. The Kier molecular flexibility index (Phi) is 7.25. The Labute approximate surface area is 178 Å². The van der Waals surface area contributed by atoms with Crippen LogP contribution in [0.4, 0.5) is 11.4 Å². The van der Waals surface area contributed by atoms with Crippen LogP contribution in [-0.2, 0) is 19.6 Å². The number of nitrogens with one attached hydrogen (secondary N) is 1. The minimum atomic E-state index is -3.74. The van der Waals surface area contributed by atoms with Crippen molar-refractivity contribution in [2.45, 2.75) is 40.2 Å². The molecule has 0 saturated heterocycles. The van der Waals surface area contributed by atoms with Gasteiger partial charge in [0.25, 0.3) is 0 Å². The van der Waals surface area contributed by atoms with E-state index in [0.29, 0.717) is 16.9 Å². The number of esters is 1. The Balaban J connectivity index is 2.47. The number of hydrogen-bond acceptors (Lipinski definition) is 5. The maximum absolute atomic E-state index is 13.2. The summed E-state index contributed by atoms with van der Waals surface area (Å²) in [6.07, 6.45) is 1.36. The molecule has 2 rings (SSSR count). The number of amides is 1. The van der Waals surface area contributed by atoms with Crippen LogP contribution in [0.15, 0.2) is 36.4 Å². The summed E-state index contributed by atoms with van der Waals surface area (Å²) in [5, 5.41) is 2.78. The molecule has 2 aromatic rings. The van der Waals surface area contributed by atoms with Crippen molar-refractivity contribution in [3.63, 3.8) is 0 Å². The fourth-order valence-corrected chi connectivity index (χ4v) is 4.47. The van der Waals surface area contributed by atoms with Gasteiger partial charge in [-0.25, -0.2) is 13.2 Å². The summed E-state index contributed by atoms with van der Waals surface area (Å²) in [5.41, 5.74) is 3.57. The average molecular weight is 433 g/mol. The normalized spacial score (nSPS) is 12.2. The first-order valence-corrected chi connectivity index (χ1v) is 11.4. The molecule has 1 amide bonds. The van der Waals surface area contributed by atoms with Crippen molar-refractivity contribution in [2.24, 2.45) is 0 Å². The van der Waals surface area contributed by atoms with Gasteiger partial charge in [-0.2, -0.15) is 0 Å². The summed E-state index contributed by atoms with van der Waals surface area (Å²) >= 11 is 0. The first-order valence-electron chi connectivity index (χ1n) is 9.56. The first-order chi connectivity index (χ1) is 14.0. The van der Waals surface area contributed by atoms with Crippen LogP contribution in [0, 0.1) is 20.8 Å². The maximum atomic E-state index is 13.2. The molecule has 1 atom stereocenters. The largest absolute Gasteiger partial charge is 0.465 e. The lowest BCUT2D eigenvalue weighted by Gasteiger charge is -2.31. The minimum absolute atomic E-state index is 0.266. The van der Waals surface area contributed by atoms with Gasteiger partial charge < -0.3 is 10.1 Å². The molecule has 0 saturated carbocycles. The van der Waals surface area contributed by atoms with Crippen molar-refractivity contribution in [1.82, 2.24) is 0 Å². The Hall–Kier alpha value is -2.87. The molecule has 0 aliphatic rings. The van der Waals surface area contributed by atoms with Crippen LogP contribution in [0.3, 0.4) is 0 Å². The van der Waals surface area contributed by atoms with Gasteiger partial charge >= 0.3 is 5.97 Å². The van der Waals surface area contributed by atoms with Crippen LogP contribution >= 0.6 is 0 Å². The van der Waals surface area contributed by atoms with Crippen molar-refractivity contribution < 1.29 is 22.7 Å². The molecule has 0 aliphatic heterocycles. The Morgan fingerprint density at radius 1 is 1.07 bits per heavy atom. The average Bonchev–Trinajstić information content (AvgIpc) is 2.68. The number of nitrogens with zero attached hydrogens (tertiary/aromatic N) is 1. The third-order valence-corrected chi connectivity index (χ3v) is 6.01. The molecule has 8 heteroatoms. The number of carbonyl (C=O) groups excluding carboxylic acids is 2. The number of sulfonamides is 1. The third-order valence-electron chi connectivity index (χ3n) is 4.85. The van der Waals surface area contributed by atoms with Gasteiger partial charge in [0.2, 0.25) is 15.9 Å². The van der Waals surface area contributed by atoms with Gasteiger partial charge in [-0.3, -0.25) is 9.10 Å². The molecule has 0 spiro atoms. The summed E-state index contributed by atoms with van der Waals surface area (Å²) < 4.78 is 31.3. The fourth-order valence-electron chi connectivity index (χ4n) is 3.21. The molecule has 1 N–H and O–H groups in total. The van der Waals surface area contributed by atoms with Gasteiger partial charge in [-0.1, -0.05) is 25.1 Å². The summed E-state index contributed by atoms with van der Waals surface area (Å²) in [5.74, 6) is -1.00. The molecule has 0 bridgehead atoms. The molecule has 30 heavy (non-hydrogen) atoms. The highest BCUT2D eigenvalue weighted by molar-refractivity contribution is 7.92. The number of benzene rings is 2. The van der Waals surface area contributed by atoms with Crippen LogP contribution < -0.4 is 9.62 Å². The van der Waals surface area contributed by atoms with E-state index >= 15 is 0 Å². The topological polar surface area (TPSA) is 92.8 Å². The third kappa shape index (κ3) is 5.18. The number of ether oxygens (including phenoxy) is 1. The van der Waals surface area contributed by atoms with E-state index in [1.807, 2.05) is 26.0 Å². The molecule has 0 aliphatic carbocycles. The summed E-state index contributed by atoms with van der Waals surface area (Å²) in [6, 6.07) is 9.35. The van der Waals surface area contributed by atoms with Gasteiger partial charge in [-0.15, -0.1) is 0 Å². The van der Waals surface area contributed by atoms with Crippen LogP contribution in [0.2, 0.25) is 0 Å². The predicted molar refractivity (Wildman–Crippen MR) is 118 cm³/mol. The zero-order valence-corrected chi connectivity index (χ0v) is 19.0. The van der Waals surface area contributed by atoms with E-state index in [4.69, 9.17) is 4.74 Å². The number of methoxy groups -OCH3 is 1. The quantitative estimate of drug-likeness (QED) is 0.675. The summed E-state index contributed by atoms with van der Waals surface area (Å²) in [6.45, 7) is 7.22. The molecule has 0 radical (unpaired) electrons. The van der Waals surface area contributed by atoms with E-state index < -0.39 is 27.9 Å². The Morgan fingerprint density at radius 3 is 2.27 bits per heavy atom. The molecular weight excluding hydrogens is 404 g/mol. The monoisotopic (exact) mass is 432 g/mol. The first kappa shape index (κ1) is 23.4. The maximum Gasteiger partial charge on any atom is 0.337 e. The van der Waals surface area contributed by atoms with Gasteiger partial charge in [0, 0.05) is 5.69 Å². The summed E-state index contributed by atoms with van der Waals surface area (Å²) in [7, 11) is -2.46. The second-order valence-electron chi connectivity index (χ2n) is 7.28. The highest BCUT2D eigenvalue weighted by Crippen LogP contribution is 2.28. The standard InChI is InChI=1S/C22H28N2O5S/c1-7-19(24(30(6,27)28)20-12-14(2)8-9-16(20)4)21(25)23-18-13-17(22(26)29-5)11-10-15(18)3/h8-13,19H,7H2,1-6H3,(H,23,25). The lowest BCUT2D eigenvalue weighted by Crippen LogP contribution is -2.47. The Morgan fingerprint density at radius 2 is 1.70 bits per heavy atom. The zero-order chi connectivity index (χ0) is 22.6. The minimum Gasteiger partial charge on any atom is -0.465 e. The molecule has 0 aromatic heterocycles. The molecule has 1 unspecified atom stereocenters.